The van der Waals surface area contributed by atoms with Crippen LogP contribution in [0.15, 0.2) is 71.3 Å². The number of hydrogen-bond donors (Lipinski definition) is 0. The molecule has 1 heterocycles. The van der Waals surface area contributed by atoms with Gasteiger partial charge in [-0.3, -0.25) is 14.9 Å². The second-order valence-electron chi connectivity index (χ2n) is 4.66. The van der Waals surface area contributed by atoms with Crippen molar-refractivity contribution in [3.05, 3.63) is 88.2 Å². The van der Waals surface area contributed by atoms with E-state index < -0.39 is 4.92 Å². The van der Waals surface area contributed by atoms with Gasteiger partial charge in [0.25, 0.3) is 5.69 Å². The SMILES string of the molecule is O=C(c1ccccc1)c1ccc(-c2ccco2)c([N+](=O)[O-])c1. The molecule has 0 aliphatic rings. The van der Waals surface area contributed by atoms with Crippen LogP contribution in [0, 0.1) is 10.1 Å². The van der Waals surface area contributed by atoms with Crippen LogP contribution in [0.4, 0.5) is 5.69 Å². The van der Waals surface area contributed by atoms with Gasteiger partial charge in [0.05, 0.1) is 16.7 Å². The van der Waals surface area contributed by atoms with Gasteiger partial charge >= 0.3 is 0 Å². The van der Waals surface area contributed by atoms with E-state index in [0.29, 0.717) is 16.9 Å². The van der Waals surface area contributed by atoms with Crippen molar-refractivity contribution in [2.45, 2.75) is 0 Å². The topological polar surface area (TPSA) is 73.3 Å². The number of carbonyl (C=O) groups is 1. The Morgan fingerprint density at radius 3 is 2.36 bits per heavy atom. The van der Waals surface area contributed by atoms with Crippen LogP contribution in [-0.2, 0) is 0 Å². The summed E-state index contributed by atoms with van der Waals surface area (Å²) in [6.07, 6.45) is 1.45. The van der Waals surface area contributed by atoms with E-state index in [-0.39, 0.29) is 17.0 Å². The minimum Gasteiger partial charge on any atom is -0.464 e. The zero-order valence-electron chi connectivity index (χ0n) is 11.4. The van der Waals surface area contributed by atoms with Crippen LogP contribution in [0.5, 0.6) is 0 Å². The maximum atomic E-state index is 12.4. The third kappa shape index (κ3) is 2.52. The molecule has 0 spiro atoms. The summed E-state index contributed by atoms with van der Waals surface area (Å²) in [5.41, 5.74) is 0.951. The molecule has 1 aromatic heterocycles. The Kier molecular flexibility index (Phi) is 3.53. The van der Waals surface area contributed by atoms with E-state index >= 15 is 0 Å². The monoisotopic (exact) mass is 293 g/mol. The summed E-state index contributed by atoms with van der Waals surface area (Å²) in [6, 6.07) is 16.3. The van der Waals surface area contributed by atoms with Crippen LogP contribution >= 0.6 is 0 Å². The molecule has 0 bridgehead atoms. The number of nitro benzene ring substituents is 1. The summed E-state index contributed by atoms with van der Waals surface area (Å²) >= 11 is 0. The highest BCUT2D eigenvalue weighted by Crippen LogP contribution is 2.31. The van der Waals surface area contributed by atoms with Gasteiger partial charge in [-0.25, -0.2) is 0 Å². The molecular formula is C17H11NO4. The predicted molar refractivity (Wildman–Crippen MR) is 80.7 cm³/mol. The van der Waals surface area contributed by atoms with Gasteiger partial charge in [-0.2, -0.15) is 0 Å². The van der Waals surface area contributed by atoms with Gasteiger partial charge in [-0.1, -0.05) is 30.3 Å². The number of ketones is 1. The lowest BCUT2D eigenvalue weighted by atomic mass is 10.00. The molecule has 0 aliphatic carbocycles. The summed E-state index contributed by atoms with van der Waals surface area (Å²) < 4.78 is 5.21. The molecular weight excluding hydrogens is 282 g/mol. The Bertz CT molecular complexity index is 823. The van der Waals surface area contributed by atoms with E-state index in [2.05, 4.69) is 0 Å². The number of furan rings is 1. The first-order valence-corrected chi connectivity index (χ1v) is 6.59. The largest absolute Gasteiger partial charge is 0.464 e. The normalized spacial score (nSPS) is 10.4. The van der Waals surface area contributed by atoms with E-state index in [9.17, 15) is 14.9 Å². The van der Waals surface area contributed by atoms with E-state index in [4.69, 9.17) is 4.42 Å². The summed E-state index contributed by atoms with van der Waals surface area (Å²) in [7, 11) is 0. The predicted octanol–water partition coefficient (Wildman–Crippen LogP) is 4.09. The average Bonchev–Trinajstić information content (AvgIpc) is 3.08. The lowest BCUT2D eigenvalue weighted by molar-refractivity contribution is -0.384. The zero-order chi connectivity index (χ0) is 15.5. The molecule has 22 heavy (non-hydrogen) atoms. The molecule has 108 valence electrons. The minimum absolute atomic E-state index is 0.156. The number of benzene rings is 2. The Morgan fingerprint density at radius 2 is 1.73 bits per heavy atom. The molecule has 3 aromatic rings. The van der Waals surface area contributed by atoms with E-state index in [1.165, 1.54) is 18.4 Å². The highest BCUT2D eigenvalue weighted by Gasteiger charge is 2.20. The molecule has 0 saturated carbocycles. The number of nitro groups is 1. The van der Waals surface area contributed by atoms with E-state index in [1.807, 2.05) is 0 Å². The van der Waals surface area contributed by atoms with Crippen molar-refractivity contribution in [1.29, 1.82) is 0 Å². The van der Waals surface area contributed by atoms with Gasteiger partial charge in [0.2, 0.25) is 0 Å². The van der Waals surface area contributed by atoms with Crippen LogP contribution in [0.25, 0.3) is 11.3 Å². The van der Waals surface area contributed by atoms with Crippen LogP contribution in [0.3, 0.4) is 0 Å². The van der Waals surface area contributed by atoms with Crippen molar-refractivity contribution in [1.82, 2.24) is 0 Å². The first-order chi connectivity index (χ1) is 10.7. The highest BCUT2D eigenvalue weighted by atomic mass is 16.6. The summed E-state index contributed by atoms with van der Waals surface area (Å²) in [4.78, 5) is 23.1. The fraction of sp³-hybridized carbons (Fsp3) is 0. The second-order valence-corrected chi connectivity index (χ2v) is 4.66. The summed E-state index contributed by atoms with van der Waals surface area (Å²) in [5.74, 6) is 0.139. The van der Waals surface area contributed by atoms with E-state index in [1.54, 1.807) is 48.5 Å². The lowest BCUT2D eigenvalue weighted by Gasteiger charge is -2.04. The van der Waals surface area contributed by atoms with Crippen molar-refractivity contribution in [2.75, 3.05) is 0 Å². The van der Waals surface area contributed by atoms with Gasteiger partial charge < -0.3 is 4.42 Å². The highest BCUT2D eigenvalue weighted by molar-refractivity contribution is 6.09. The van der Waals surface area contributed by atoms with Crippen LogP contribution in [0.2, 0.25) is 0 Å². The van der Waals surface area contributed by atoms with Crippen molar-refractivity contribution in [3.8, 4) is 11.3 Å². The first-order valence-electron chi connectivity index (χ1n) is 6.59. The molecule has 0 saturated heterocycles. The van der Waals surface area contributed by atoms with E-state index in [0.717, 1.165) is 0 Å². The van der Waals surface area contributed by atoms with Crippen LogP contribution in [-0.4, -0.2) is 10.7 Å². The molecule has 0 unspecified atom stereocenters. The Hall–Kier alpha value is -3.21. The van der Waals surface area contributed by atoms with Crippen molar-refractivity contribution in [2.24, 2.45) is 0 Å². The number of hydrogen-bond acceptors (Lipinski definition) is 4. The van der Waals surface area contributed by atoms with Crippen LogP contribution < -0.4 is 0 Å². The molecule has 0 N–H and O–H groups in total. The van der Waals surface area contributed by atoms with Crippen molar-refractivity contribution in [3.63, 3.8) is 0 Å². The summed E-state index contributed by atoms with van der Waals surface area (Å²) in [6.45, 7) is 0. The molecule has 0 radical (unpaired) electrons. The first kappa shape index (κ1) is 13.8. The fourth-order valence-electron chi connectivity index (χ4n) is 2.22. The summed E-state index contributed by atoms with van der Waals surface area (Å²) in [5, 5.41) is 11.3. The second kappa shape index (κ2) is 5.65. The molecule has 0 amide bonds. The minimum atomic E-state index is -0.514. The van der Waals surface area contributed by atoms with Gasteiger partial charge in [0.1, 0.15) is 5.76 Å². The standard InChI is InChI=1S/C17H11NO4/c19-17(12-5-2-1-3-6-12)13-8-9-14(15(11-13)18(20)21)16-7-4-10-22-16/h1-11H. The zero-order valence-corrected chi connectivity index (χ0v) is 11.4. The number of rotatable bonds is 4. The van der Waals surface area contributed by atoms with Crippen molar-refractivity contribution >= 4 is 11.5 Å². The maximum absolute atomic E-state index is 12.4. The molecule has 5 heteroatoms. The molecule has 0 atom stereocenters. The van der Waals surface area contributed by atoms with Crippen molar-refractivity contribution < 1.29 is 14.1 Å². The van der Waals surface area contributed by atoms with Crippen LogP contribution in [0.1, 0.15) is 15.9 Å². The third-order valence-corrected chi connectivity index (χ3v) is 3.28. The number of carbonyl (C=O) groups excluding carboxylic acids is 1. The average molecular weight is 293 g/mol. The molecule has 3 rings (SSSR count). The fourth-order valence-corrected chi connectivity index (χ4v) is 2.22. The maximum Gasteiger partial charge on any atom is 0.281 e. The Labute approximate surface area is 126 Å². The van der Waals surface area contributed by atoms with Gasteiger partial charge in [0.15, 0.2) is 5.78 Å². The van der Waals surface area contributed by atoms with Gasteiger partial charge in [-0.05, 0) is 24.3 Å². The Morgan fingerprint density at radius 1 is 0.955 bits per heavy atom. The van der Waals surface area contributed by atoms with Gasteiger partial charge in [0, 0.05) is 17.2 Å². The molecule has 0 aliphatic heterocycles. The third-order valence-electron chi connectivity index (χ3n) is 3.28. The lowest BCUT2D eigenvalue weighted by Crippen LogP contribution is -2.02. The van der Waals surface area contributed by atoms with Gasteiger partial charge in [-0.15, -0.1) is 0 Å². The molecule has 0 fully saturated rings. The molecule has 5 nitrogen and oxygen atoms in total. The smallest absolute Gasteiger partial charge is 0.281 e. The quantitative estimate of drug-likeness (QED) is 0.412. The molecule has 2 aromatic carbocycles. The Balaban J connectivity index is 2.07. The number of nitrogens with zero attached hydrogens (tertiary/aromatic N) is 1.